The zero-order valence-electron chi connectivity index (χ0n) is 14.5. The van der Waals surface area contributed by atoms with Gasteiger partial charge in [-0.3, -0.25) is 0 Å². The summed E-state index contributed by atoms with van der Waals surface area (Å²) < 4.78 is 5.25. The highest BCUT2D eigenvalue weighted by Crippen LogP contribution is 2.27. The van der Waals surface area contributed by atoms with Crippen LogP contribution in [0.5, 0.6) is 0 Å². The van der Waals surface area contributed by atoms with Crippen molar-refractivity contribution >= 4 is 6.03 Å². The van der Waals surface area contributed by atoms with Crippen LogP contribution in [0.25, 0.3) is 0 Å². The number of methoxy groups -OCH3 is 1. The van der Waals surface area contributed by atoms with E-state index in [1.165, 1.54) is 19.3 Å². The van der Waals surface area contributed by atoms with E-state index in [9.17, 15) is 9.90 Å². The van der Waals surface area contributed by atoms with Crippen molar-refractivity contribution in [3.63, 3.8) is 0 Å². The Morgan fingerprint density at radius 2 is 1.92 bits per heavy atom. The van der Waals surface area contributed by atoms with Gasteiger partial charge in [-0.1, -0.05) is 49.6 Å². The van der Waals surface area contributed by atoms with E-state index in [1.54, 1.807) is 7.11 Å². The molecule has 0 bridgehead atoms. The summed E-state index contributed by atoms with van der Waals surface area (Å²) in [6.45, 7) is 0.521. The average molecular weight is 334 g/mol. The van der Waals surface area contributed by atoms with Crippen LogP contribution in [0.2, 0.25) is 0 Å². The van der Waals surface area contributed by atoms with E-state index < -0.39 is 0 Å². The lowest BCUT2D eigenvalue weighted by atomic mass is 9.83. The van der Waals surface area contributed by atoms with Crippen molar-refractivity contribution in [2.45, 2.75) is 50.6 Å². The molecule has 5 nitrogen and oxygen atoms in total. The monoisotopic (exact) mass is 334 g/mol. The molecule has 1 aromatic carbocycles. The smallest absolute Gasteiger partial charge is 0.315 e. The van der Waals surface area contributed by atoms with Crippen molar-refractivity contribution in [2.75, 3.05) is 20.3 Å². The number of aliphatic hydroxyl groups is 1. The van der Waals surface area contributed by atoms with Gasteiger partial charge in [0.05, 0.1) is 12.6 Å². The molecule has 3 N–H and O–H groups in total. The lowest BCUT2D eigenvalue weighted by Crippen LogP contribution is -2.48. The third kappa shape index (κ3) is 5.80. The number of urea groups is 1. The fourth-order valence-corrected chi connectivity index (χ4v) is 3.54. The molecule has 0 aromatic heterocycles. The van der Waals surface area contributed by atoms with E-state index >= 15 is 0 Å². The molecule has 0 radical (unpaired) electrons. The third-order valence-corrected chi connectivity index (χ3v) is 4.82. The third-order valence-electron chi connectivity index (χ3n) is 4.82. The summed E-state index contributed by atoms with van der Waals surface area (Å²) in [6, 6.07) is 9.49. The Kier molecular flexibility index (Phi) is 8.05. The molecule has 1 aliphatic carbocycles. The van der Waals surface area contributed by atoms with E-state index in [4.69, 9.17) is 4.74 Å². The van der Waals surface area contributed by atoms with E-state index in [2.05, 4.69) is 10.6 Å². The van der Waals surface area contributed by atoms with Crippen LogP contribution in [0.4, 0.5) is 4.79 Å². The Labute approximate surface area is 144 Å². The number of nitrogens with one attached hydrogen (secondary N) is 2. The van der Waals surface area contributed by atoms with Gasteiger partial charge in [0.15, 0.2) is 0 Å². The summed E-state index contributed by atoms with van der Waals surface area (Å²) in [7, 11) is 1.63. The van der Waals surface area contributed by atoms with Gasteiger partial charge in [0.25, 0.3) is 0 Å². The summed E-state index contributed by atoms with van der Waals surface area (Å²) in [5, 5.41) is 15.4. The van der Waals surface area contributed by atoms with E-state index in [-0.39, 0.29) is 24.7 Å². The molecule has 0 saturated heterocycles. The molecule has 2 amide bonds. The van der Waals surface area contributed by atoms with Gasteiger partial charge < -0.3 is 20.5 Å². The van der Waals surface area contributed by atoms with Crippen molar-refractivity contribution in [3.05, 3.63) is 35.9 Å². The minimum atomic E-state index is -0.190. The van der Waals surface area contributed by atoms with Gasteiger partial charge in [-0.2, -0.15) is 0 Å². The van der Waals surface area contributed by atoms with Crippen molar-refractivity contribution in [1.29, 1.82) is 0 Å². The van der Waals surface area contributed by atoms with Crippen LogP contribution < -0.4 is 10.6 Å². The maximum Gasteiger partial charge on any atom is 0.315 e. The van der Waals surface area contributed by atoms with Crippen LogP contribution in [0.3, 0.4) is 0 Å². The number of amides is 2. The second-order valence-electron chi connectivity index (χ2n) is 6.55. The minimum absolute atomic E-state index is 0.0364. The number of carbonyl (C=O) groups is 1. The Morgan fingerprint density at radius 1 is 1.21 bits per heavy atom. The predicted molar refractivity (Wildman–Crippen MR) is 94.8 cm³/mol. The molecule has 0 spiro atoms. The molecule has 0 aliphatic heterocycles. The maximum absolute atomic E-state index is 12.5. The number of benzene rings is 1. The van der Waals surface area contributed by atoms with Gasteiger partial charge >= 0.3 is 6.03 Å². The van der Waals surface area contributed by atoms with Crippen LogP contribution in [0.1, 0.15) is 50.1 Å². The molecular formula is C19H30N2O3. The van der Waals surface area contributed by atoms with Crippen molar-refractivity contribution < 1.29 is 14.6 Å². The van der Waals surface area contributed by atoms with E-state index in [0.717, 1.165) is 18.4 Å². The first-order chi connectivity index (χ1) is 11.7. The molecular weight excluding hydrogens is 304 g/mol. The van der Waals surface area contributed by atoms with Crippen LogP contribution in [0, 0.1) is 5.92 Å². The first-order valence-corrected chi connectivity index (χ1v) is 8.96. The lowest BCUT2D eigenvalue weighted by molar-refractivity contribution is 0.161. The fraction of sp³-hybridized carbons (Fsp3) is 0.632. The molecule has 1 aromatic rings. The quantitative estimate of drug-likeness (QED) is 0.684. The highest BCUT2D eigenvalue weighted by atomic mass is 16.5. The number of hydrogen-bond acceptors (Lipinski definition) is 3. The second-order valence-corrected chi connectivity index (χ2v) is 6.55. The normalized spacial score (nSPS) is 17.9. The first kappa shape index (κ1) is 18.7. The summed E-state index contributed by atoms with van der Waals surface area (Å²) in [5.74, 6) is 0.467. The predicted octanol–water partition coefficient (Wildman–Crippen LogP) is 3.00. The zero-order valence-corrected chi connectivity index (χ0v) is 14.5. The number of hydrogen-bond donors (Lipinski definition) is 3. The number of rotatable bonds is 8. The Balaban J connectivity index is 1.94. The molecule has 2 atom stereocenters. The topological polar surface area (TPSA) is 70.6 Å². The molecule has 5 heteroatoms. The van der Waals surface area contributed by atoms with Crippen LogP contribution in [0.15, 0.2) is 30.3 Å². The molecule has 134 valence electrons. The molecule has 1 aliphatic rings. The largest absolute Gasteiger partial charge is 0.396 e. The van der Waals surface area contributed by atoms with Gasteiger partial charge in [-0.25, -0.2) is 4.79 Å². The van der Waals surface area contributed by atoms with Crippen molar-refractivity contribution in [3.8, 4) is 0 Å². The molecule has 1 fully saturated rings. The average Bonchev–Trinajstić information content (AvgIpc) is 2.62. The van der Waals surface area contributed by atoms with Crippen LogP contribution in [-0.4, -0.2) is 37.5 Å². The van der Waals surface area contributed by atoms with Gasteiger partial charge in [0.2, 0.25) is 0 Å². The van der Waals surface area contributed by atoms with E-state index in [1.807, 2.05) is 30.3 Å². The fourth-order valence-electron chi connectivity index (χ4n) is 3.54. The summed E-state index contributed by atoms with van der Waals surface area (Å²) in [5.41, 5.74) is 1.02. The number of carbonyl (C=O) groups excluding carboxylic acids is 1. The van der Waals surface area contributed by atoms with Gasteiger partial charge in [0, 0.05) is 19.8 Å². The Bertz CT molecular complexity index is 475. The van der Waals surface area contributed by atoms with E-state index in [0.29, 0.717) is 18.9 Å². The maximum atomic E-state index is 12.5. The molecule has 1 saturated carbocycles. The SMILES string of the molecule is COCC(NC(=O)NC(CCO)C1CCCCC1)c1ccccc1. The van der Waals surface area contributed by atoms with Crippen molar-refractivity contribution in [2.24, 2.45) is 5.92 Å². The molecule has 0 heterocycles. The second kappa shape index (κ2) is 10.3. The van der Waals surface area contributed by atoms with Crippen LogP contribution in [-0.2, 0) is 4.74 Å². The number of ether oxygens (including phenoxy) is 1. The summed E-state index contributed by atoms with van der Waals surface area (Å²) >= 11 is 0. The van der Waals surface area contributed by atoms with Gasteiger partial charge in [0.1, 0.15) is 0 Å². The first-order valence-electron chi connectivity index (χ1n) is 8.96. The van der Waals surface area contributed by atoms with Gasteiger partial charge in [-0.15, -0.1) is 0 Å². The molecule has 2 unspecified atom stereocenters. The van der Waals surface area contributed by atoms with Crippen molar-refractivity contribution in [1.82, 2.24) is 10.6 Å². The highest BCUT2D eigenvalue weighted by Gasteiger charge is 2.25. The lowest BCUT2D eigenvalue weighted by Gasteiger charge is -2.31. The Hall–Kier alpha value is -1.59. The summed E-state index contributed by atoms with van der Waals surface area (Å²) in [4.78, 5) is 12.5. The summed E-state index contributed by atoms with van der Waals surface area (Å²) in [6.07, 6.45) is 6.57. The highest BCUT2D eigenvalue weighted by molar-refractivity contribution is 5.74. The van der Waals surface area contributed by atoms with Crippen LogP contribution >= 0.6 is 0 Å². The zero-order chi connectivity index (χ0) is 17.2. The van der Waals surface area contributed by atoms with Gasteiger partial charge in [-0.05, 0) is 30.7 Å². The molecule has 2 rings (SSSR count). The minimum Gasteiger partial charge on any atom is -0.396 e. The number of aliphatic hydroxyl groups excluding tert-OH is 1. The molecule has 24 heavy (non-hydrogen) atoms. The Morgan fingerprint density at radius 3 is 2.54 bits per heavy atom. The standard InChI is InChI=1S/C19H30N2O3/c1-24-14-18(16-10-6-3-7-11-16)21-19(23)20-17(12-13-22)15-8-4-2-5-9-15/h3,6-7,10-11,15,17-18,22H,2,4-5,8-9,12-14H2,1H3,(H2,20,21,23).